The van der Waals surface area contributed by atoms with E-state index in [1.165, 1.54) is 25.1 Å². The number of aromatic amines is 1. The maximum absolute atomic E-state index is 4.90. The van der Waals surface area contributed by atoms with Gasteiger partial charge in [0.25, 0.3) is 0 Å². The maximum Gasteiger partial charge on any atom is 0.180 e. The summed E-state index contributed by atoms with van der Waals surface area (Å²) in [6.45, 7) is 2.97. The maximum atomic E-state index is 4.90. The van der Waals surface area contributed by atoms with E-state index in [9.17, 15) is 0 Å². The van der Waals surface area contributed by atoms with Gasteiger partial charge < -0.3 is 9.88 Å². The molecule has 0 unspecified atom stereocenters. The molecule has 0 bridgehead atoms. The predicted molar refractivity (Wildman–Crippen MR) is 120 cm³/mol. The lowest BCUT2D eigenvalue weighted by Crippen LogP contribution is -2.56. The molecular formula is C22H26N10. The van der Waals surface area contributed by atoms with Gasteiger partial charge in [0.15, 0.2) is 11.5 Å². The van der Waals surface area contributed by atoms with E-state index in [4.69, 9.17) is 15.0 Å². The van der Waals surface area contributed by atoms with Crippen molar-refractivity contribution in [3.63, 3.8) is 0 Å². The van der Waals surface area contributed by atoms with E-state index in [2.05, 4.69) is 47.8 Å². The number of hydrazine groups is 2. The summed E-state index contributed by atoms with van der Waals surface area (Å²) in [5, 5.41) is 9.04. The van der Waals surface area contributed by atoms with E-state index in [0.717, 1.165) is 73.2 Å². The fourth-order valence-electron chi connectivity index (χ4n) is 5.02. The van der Waals surface area contributed by atoms with E-state index in [1.807, 2.05) is 12.3 Å². The molecule has 10 nitrogen and oxygen atoms in total. The van der Waals surface area contributed by atoms with Gasteiger partial charge in [-0.1, -0.05) is 0 Å². The molecule has 32 heavy (non-hydrogen) atoms. The van der Waals surface area contributed by atoms with Crippen LogP contribution in [0.2, 0.25) is 0 Å². The molecule has 164 valence electrons. The zero-order chi connectivity index (χ0) is 21.1. The molecule has 3 fully saturated rings. The largest absolute Gasteiger partial charge is 0.355 e. The lowest BCUT2D eigenvalue weighted by molar-refractivity contribution is -0.0280. The number of pyridine rings is 1. The third kappa shape index (κ3) is 3.09. The zero-order valence-corrected chi connectivity index (χ0v) is 17.9. The molecule has 1 aliphatic carbocycles. The SMILES string of the molecule is c1cc(-c2nc3nc(N4CCC[C@H](N5NN=C6CCCN65)C4)ccc3[nH]2)nc(C2CC2)n1. The molecule has 0 radical (unpaired) electrons. The first-order valence-corrected chi connectivity index (χ1v) is 11.7. The van der Waals surface area contributed by atoms with Gasteiger partial charge in [-0.3, -0.25) is 5.01 Å². The Kier molecular flexibility index (Phi) is 4.08. The average molecular weight is 431 g/mol. The van der Waals surface area contributed by atoms with Gasteiger partial charge in [0.2, 0.25) is 0 Å². The highest BCUT2D eigenvalue weighted by Gasteiger charge is 2.37. The number of hydrogen-bond acceptors (Lipinski definition) is 9. The minimum atomic E-state index is 0.372. The summed E-state index contributed by atoms with van der Waals surface area (Å²) in [6.07, 6.45) is 8.72. The van der Waals surface area contributed by atoms with Crippen molar-refractivity contribution in [2.75, 3.05) is 24.5 Å². The molecule has 10 heteroatoms. The second-order valence-electron chi connectivity index (χ2n) is 9.14. The minimum absolute atomic E-state index is 0.372. The van der Waals surface area contributed by atoms with Gasteiger partial charge >= 0.3 is 0 Å². The molecule has 2 N–H and O–H groups in total. The Balaban J connectivity index is 1.13. The number of aromatic nitrogens is 5. The summed E-state index contributed by atoms with van der Waals surface area (Å²) in [7, 11) is 0. The number of hydrazone groups is 1. The van der Waals surface area contributed by atoms with Crippen molar-refractivity contribution in [2.45, 2.75) is 50.5 Å². The molecule has 4 aliphatic rings. The van der Waals surface area contributed by atoms with E-state index < -0.39 is 0 Å². The van der Waals surface area contributed by atoms with Crippen LogP contribution in [0.3, 0.4) is 0 Å². The number of piperidine rings is 1. The second-order valence-corrected chi connectivity index (χ2v) is 9.14. The second kappa shape index (κ2) is 7.13. The van der Waals surface area contributed by atoms with Crippen LogP contribution < -0.4 is 10.4 Å². The molecule has 2 saturated heterocycles. The lowest BCUT2D eigenvalue weighted by atomic mass is 10.1. The Morgan fingerprint density at radius 3 is 2.88 bits per heavy atom. The van der Waals surface area contributed by atoms with Gasteiger partial charge in [0.05, 0.1) is 11.6 Å². The van der Waals surface area contributed by atoms with Crippen molar-refractivity contribution in [2.24, 2.45) is 5.10 Å². The summed E-state index contributed by atoms with van der Waals surface area (Å²) >= 11 is 0. The summed E-state index contributed by atoms with van der Waals surface area (Å²) in [4.78, 5) is 24.6. The standard InChI is InChI=1S/C22H26N10/c1-3-15(32-29-28-19-4-2-12-31(19)32)13-30(11-1)18-8-7-16-22(26-18)27-21(25-16)17-9-10-23-20(24-17)14-5-6-14/h7-10,14-15,29H,1-6,11-13H2,(H,25,26,27)/t15-/m0/s1. The number of imidazole rings is 1. The van der Waals surface area contributed by atoms with Gasteiger partial charge in [-0.2, -0.15) is 0 Å². The molecule has 3 aliphatic heterocycles. The zero-order valence-electron chi connectivity index (χ0n) is 17.9. The van der Waals surface area contributed by atoms with Crippen LogP contribution in [0.25, 0.3) is 22.7 Å². The van der Waals surface area contributed by atoms with Crippen molar-refractivity contribution < 1.29 is 0 Å². The molecule has 0 aromatic carbocycles. The predicted octanol–water partition coefficient (Wildman–Crippen LogP) is 2.41. The van der Waals surface area contributed by atoms with E-state index in [0.29, 0.717) is 12.0 Å². The fraction of sp³-hybridized carbons (Fsp3) is 0.500. The minimum Gasteiger partial charge on any atom is -0.355 e. The van der Waals surface area contributed by atoms with Crippen molar-refractivity contribution >= 4 is 22.8 Å². The number of H-pyrrole nitrogens is 1. The lowest BCUT2D eigenvalue weighted by Gasteiger charge is -2.40. The van der Waals surface area contributed by atoms with Crippen molar-refractivity contribution in [1.29, 1.82) is 0 Å². The monoisotopic (exact) mass is 430 g/mol. The molecule has 0 amide bonds. The first kappa shape index (κ1) is 18.3. The summed E-state index contributed by atoms with van der Waals surface area (Å²) in [5.74, 6) is 4.34. The first-order chi connectivity index (χ1) is 15.8. The van der Waals surface area contributed by atoms with Crippen molar-refractivity contribution in [3.05, 3.63) is 30.2 Å². The topological polar surface area (TPSA) is 101 Å². The summed E-state index contributed by atoms with van der Waals surface area (Å²) in [5.41, 5.74) is 5.74. The van der Waals surface area contributed by atoms with E-state index in [1.54, 1.807) is 0 Å². The Bertz CT molecular complexity index is 1200. The number of rotatable bonds is 4. The fourth-order valence-corrected chi connectivity index (χ4v) is 5.02. The van der Waals surface area contributed by atoms with Crippen molar-refractivity contribution in [1.82, 2.24) is 40.6 Å². The number of amidine groups is 1. The van der Waals surface area contributed by atoms with Crippen LogP contribution in [0.4, 0.5) is 5.82 Å². The molecule has 7 rings (SSSR count). The summed E-state index contributed by atoms with van der Waals surface area (Å²) in [6, 6.07) is 6.46. The third-order valence-corrected chi connectivity index (χ3v) is 6.87. The normalized spacial score (nSPS) is 23.5. The smallest absolute Gasteiger partial charge is 0.180 e. The van der Waals surface area contributed by atoms with Crippen LogP contribution in [0.1, 0.15) is 50.3 Å². The van der Waals surface area contributed by atoms with Crippen molar-refractivity contribution in [3.8, 4) is 11.5 Å². The third-order valence-electron chi connectivity index (χ3n) is 6.87. The highest BCUT2D eigenvalue weighted by molar-refractivity contribution is 5.84. The number of nitrogens with one attached hydrogen (secondary N) is 2. The Morgan fingerprint density at radius 1 is 0.969 bits per heavy atom. The number of fused-ring (bicyclic) bond motifs is 2. The van der Waals surface area contributed by atoms with Crippen LogP contribution in [0, 0.1) is 0 Å². The van der Waals surface area contributed by atoms with Crippen LogP contribution in [-0.4, -0.2) is 66.6 Å². The molecule has 6 heterocycles. The first-order valence-electron chi connectivity index (χ1n) is 11.7. The Labute approximate surface area is 185 Å². The summed E-state index contributed by atoms with van der Waals surface area (Å²) < 4.78 is 0. The van der Waals surface area contributed by atoms with E-state index >= 15 is 0 Å². The van der Waals surface area contributed by atoms with Crippen LogP contribution in [0.15, 0.2) is 29.5 Å². The Morgan fingerprint density at radius 2 is 1.94 bits per heavy atom. The molecular weight excluding hydrogens is 404 g/mol. The average Bonchev–Trinajstić information content (AvgIpc) is 3.24. The van der Waals surface area contributed by atoms with Crippen LogP contribution >= 0.6 is 0 Å². The number of hydrogen-bond donors (Lipinski definition) is 2. The van der Waals surface area contributed by atoms with Gasteiger partial charge in [-0.25, -0.2) is 25.5 Å². The number of anilines is 1. The van der Waals surface area contributed by atoms with Gasteiger partial charge in [-0.05, 0) is 50.3 Å². The highest BCUT2D eigenvalue weighted by atomic mass is 15.9. The van der Waals surface area contributed by atoms with Crippen LogP contribution in [0.5, 0.6) is 0 Å². The van der Waals surface area contributed by atoms with Gasteiger partial charge in [0.1, 0.15) is 23.2 Å². The van der Waals surface area contributed by atoms with Gasteiger partial charge in [0, 0.05) is 38.2 Å². The molecule has 0 spiro atoms. The molecule has 1 saturated carbocycles. The van der Waals surface area contributed by atoms with Crippen LogP contribution in [-0.2, 0) is 0 Å². The van der Waals surface area contributed by atoms with E-state index in [-0.39, 0.29) is 0 Å². The van der Waals surface area contributed by atoms with Gasteiger partial charge in [-0.15, -0.1) is 10.2 Å². The molecule has 3 aromatic rings. The molecule has 1 atom stereocenters. The number of nitrogens with zero attached hydrogens (tertiary/aromatic N) is 8. The Hall–Kier alpha value is -3.27. The quantitative estimate of drug-likeness (QED) is 0.651. The highest BCUT2D eigenvalue weighted by Crippen LogP contribution is 2.38. The molecule has 3 aromatic heterocycles.